The zero-order valence-corrected chi connectivity index (χ0v) is 14.1. The van der Waals surface area contributed by atoms with Gasteiger partial charge < -0.3 is 25.2 Å². The fourth-order valence-electron chi connectivity index (χ4n) is 2.41. The average Bonchev–Trinajstić information content (AvgIpc) is 3.02. The maximum atomic E-state index is 11.6. The minimum absolute atomic E-state index is 0.0705. The first kappa shape index (κ1) is 17.4. The highest BCUT2D eigenvalue weighted by Gasteiger charge is 2.47. The molecule has 4 atom stereocenters. The number of anilines is 1. The van der Waals surface area contributed by atoms with Crippen LogP contribution in [0.25, 0.3) is 11.2 Å². The summed E-state index contributed by atoms with van der Waals surface area (Å²) in [6, 6.07) is 0. The molecule has 1 aliphatic heterocycles. The van der Waals surface area contributed by atoms with Gasteiger partial charge in [0, 0.05) is 6.42 Å². The van der Waals surface area contributed by atoms with E-state index in [4.69, 9.17) is 24.8 Å². The van der Waals surface area contributed by atoms with Crippen LogP contribution in [0.15, 0.2) is 12.7 Å². The second kappa shape index (κ2) is 5.85. The molecule has 1 fully saturated rings. The molecule has 2 unspecified atom stereocenters. The minimum Gasteiger partial charge on any atom is -0.382 e. The van der Waals surface area contributed by atoms with Crippen LogP contribution in [0.3, 0.4) is 0 Å². The second-order valence-corrected chi connectivity index (χ2v) is 10.6. The lowest BCUT2D eigenvalue weighted by Gasteiger charge is -2.19. The Bertz CT molecular complexity index is 866. The van der Waals surface area contributed by atoms with Crippen molar-refractivity contribution in [2.75, 3.05) is 5.73 Å². The first-order valence-electron chi connectivity index (χ1n) is 6.76. The normalized spacial score (nSPS) is 27.4. The van der Waals surface area contributed by atoms with E-state index >= 15 is 0 Å². The molecule has 5 N–H and O–H groups in total. The van der Waals surface area contributed by atoms with Gasteiger partial charge in [0.25, 0.3) is 0 Å². The van der Waals surface area contributed by atoms with Crippen molar-refractivity contribution in [2.45, 2.75) is 31.8 Å². The van der Waals surface area contributed by atoms with Crippen LogP contribution in [0, 0.1) is 0 Å². The van der Waals surface area contributed by atoms with E-state index in [1.54, 1.807) is 11.5 Å². The molecule has 0 spiro atoms. The Kier molecular flexibility index (Phi) is 4.25. The molecule has 0 aliphatic carbocycles. The third kappa shape index (κ3) is 2.98. The third-order valence-corrected chi connectivity index (χ3v) is 7.09. The van der Waals surface area contributed by atoms with Crippen LogP contribution in [0.2, 0.25) is 0 Å². The molecule has 3 heterocycles. The van der Waals surface area contributed by atoms with Gasteiger partial charge in [-0.25, -0.2) is 24.1 Å². The number of fused-ring (bicyclic) bond motifs is 1. The van der Waals surface area contributed by atoms with Crippen molar-refractivity contribution < 1.29 is 33.1 Å². The highest BCUT2D eigenvalue weighted by Crippen LogP contribution is 2.75. The van der Waals surface area contributed by atoms with Crippen LogP contribution in [-0.4, -0.2) is 46.4 Å². The van der Waals surface area contributed by atoms with Crippen LogP contribution >= 0.6 is 14.6 Å². The molecule has 0 saturated carbocycles. The predicted octanol–water partition coefficient (Wildman–Crippen LogP) is 0.379. The first-order chi connectivity index (χ1) is 11.1. The van der Waals surface area contributed by atoms with Gasteiger partial charge in [-0.1, -0.05) is 0 Å². The van der Waals surface area contributed by atoms with Gasteiger partial charge in [-0.15, -0.1) is 0 Å². The van der Waals surface area contributed by atoms with E-state index < -0.39 is 33.0 Å². The van der Waals surface area contributed by atoms with Crippen molar-refractivity contribution in [2.24, 2.45) is 0 Å². The van der Waals surface area contributed by atoms with E-state index in [0.29, 0.717) is 11.2 Å². The molecule has 1 saturated heterocycles. The summed E-state index contributed by atoms with van der Waals surface area (Å²) in [6.45, 7) is 1.56. The summed E-state index contributed by atoms with van der Waals surface area (Å²) in [5.41, 5.74) is 6.49. The monoisotopic (exact) mass is 379 g/mol. The van der Waals surface area contributed by atoms with Gasteiger partial charge in [0.1, 0.15) is 18.1 Å². The Hall–Kier alpha value is -1.39. The lowest BCUT2D eigenvalue weighted by molar-refractivity contribution is -0.00340. The average molecular weight is 379 g/mol. The van der Waals surface area contributed by atoms with Crippen LogP contribution in [0.5, 0.6) is 0 Å². The van der Waals surface area contributed by atoms with Gasteiger partial charge in [0.05, 0.1) is 18.5 Å². The summed E-state index contributed by atoms with van der Waals surface area (Å²) in [5.74, 6) is 0.193. The van der Waals surface area contributed by atoms with E-state index in [-0.39, 0.29) is 12.2 Å². The molecule has 0 radical (unpaired) electrons. The Balaban J connectivity index is 1.84. The van der Waals surface area contributed by atoms with Gasteiger partial charge in [0.2, 0.25) is 0 Å². The third-order valence-electron chi connectivity index (χ3n) is 3.63. The van der Waals surface area contributed by atoms with Gasteiger partial charge in [-0.3, -0.25) is 9.09 Å². The van der Waals surface area contributed by atoms with Gasteiger partial charge in [0.15, 0.2) is 11.5 Å². The molecular formula is C10H15N5O7P2. The molecule has 0 bridgehead atoms. The zero-order valence-electron chi connectivity index (χ0n) is 12.3. The van der Waals surface area contributed by atoms with E-state index in [9.17, 15) is 14.0 Å². The topological polar surface area (TPSA) is 183 Å². The standard InChI is InChI=1S/C10H15N5O7P2/c1-5-6(22-24(19,20)23(16,17)18)2-7(21-5)15-4-14-8-9(11)12-3-13-10(8)15/h3-7H,2H2,1H3,(H,19,20)(H2,11,12,13)(H2,16,17,18)/t5-,6?,7-/m1/s1. The fraction of sp³-hybridized carbons (Fsp3) is 0.500. The Labute approximate surface area is 135 Å². The maximum Gasteiger partial charge on any atom is 0.438 e. The lowest BCUT2D eigenvalue weighted by atomic mass is 10.2. The molecule has 132 valence electrons. The highest BCUT2D eigenvalue weighted by atomic mass is 32.1. The van der Waals surface area contributed by atoms with Gasteiger partial charge >= 0.3 is 14.6 Å². The summed E-state index contributed by atoms with van der Waals surface area (Å²) in [7, 11) is -10.4. The molecule has 24 heavy (non-hydrogen) atoms. The van der Waals surface area contributed by atoms with Crippen molar-refractivity contribution in [1.29, 1.82) is 0 Å². The summed E-state index contributed by atoms with van der Waals surface area (Å²) in [4.78, 5) is 39.2. The molecule has 1 aliphatic rings. The zero-order chi connectivity index (χ0) is 17.7. The predicted molar refractivity (Wildman–Crippen MR) is 80.7 cm³/mol. The number of ether oxygens (including phenoxy) is 1. The largest absolute Gasteiger partial charge is 0.438 e. The van der Waals surface area contributed by atoms with Crippen molar-refractivity contribution in [3.8, 4) is 0 Å². The molecule has 0 amide bonds. The van der Waals surface area contributed by atoms with E-state index in [2.05, 4.69) is 15.0 Å². The number of rotatable bonds is 4. The number of aromatic nitrogens is 4. The Morgan fingerprint density at radius 1 is 1.33 bits per heavy atom. The molecule has 0 aromatic carbocycles. The van der Waals surface area contributed by atoms with Crippen molar-refractivity contribution >= 4 is 31.6 Å². The first-order valence-corrected chi connectivity index (χ1v) is 10.7. The summed E-state index contributed by atoms with van der Waals surface area (Å²) >= 11 is 0. The van der Waals surface area contributed by atoms with Crippen LogP contribution in [-0.2, 0) is 18.4 Å². The molecule has 14 heteroatoms. The van der Waals surface area contributed by atoms with Crippen molar-refractivity contribution in [3.63, 3.8) is 0 Å². The number of hydrogen-bond donors (Lipinski definition) is 4. The minimum atomic E-state index is -5.30. The SMILES string of the molecule is C[C@H]1O[C@@H](n2cnc3c(N)ncnc32)CC1OP(=O)(O)P(=O)(O)O. The van der Waals surface area contributed by atoms with Crippen LogP contribution < -0.4 is 5.73 Å². The second-order valence-electron chi connectivity index (χ2n) is 5.26. The number of nitrogens with zero attached hydrogens (tertiary/aromatic N) is 4. The maximum absolute atomic E-state index is 11.6. The number of nitrogens with two attached hydrogens (primary N) is 1. The van der Waals surface area contributed by atoms with Crippen LogP contribution in [0.1, 0.15) is 19.6 Å². The lowest BCUT2D eigenvalue weighted by Crippen LogP contribution is -2.19. The smallest absolute Gasteiger partial charge is 0.382 e. The number of nitrogen functional groups attached to an aromatic ring is 1. The highest BCUT2D eigenvalue weighted by molar-refractivity contribution is 8.26. The molecular weight excluding hydrogens is 364 g/mol. The molecule has 12 nitrogen and oxygen atoms in total. The summed E-state index contributed by atoms with van der Waals surface area (Å²) in [6.07, 6.45) is 0.436. The summed E-state index contributed by atoms with van der Waals surface area (Å²) < 4.78 is 34.6. The molecule has 3 rings (SSSR count). The van der Waals surface area contributed by atoms with Crippen molar-refractivity contribution in [1.82, 2.24) is 19.5 Å². The number of imidazole rings is 1. The quantitative estimate of drug-likeness (QED) is 0.539. The molecule has 2 aromatic rings. The van der Waals surface area contributed by atoms with Crippen molar-refractivity contribution in [3.05, 3.63) is 12.7 Å². The van der Waals surface area contributed by atoms with E-state index in [1.165, 1.54) is 12.7 Å². The molecule has 2 aromatic heterocycles. The number of hydrogen-bond acceptors (Lipinski definition) is 8. The Morgan fingerprint density at radius 2 is 2.04 bits per heavy atom. The van der Waals surface area contributed by atoms with Crippen LogP contribution in [0.4, 0.5) is 5.82 Å². The van der Waals surface area contributed by atoms with Gasteiger partial charge in [-0.2, -0.15) is 0 Å². The van der Waals surface area contributed by atoms with Gasteiger partial charge in [-0.05, 0) is 6.92 Å². The van der Waals surface area contributed by atoms with E-state index in [0.717, 1.165) is 0 Å². The van der Waals surface area contributed by atoms with E-state index in [1.807, 2.05) is 0 Å². The summed E-state index contributed by atoms with van der Waals surface area (Å²) in [5, 5.41) is 0. The Morgan fingerprint density at radius 3 is 2.71 bits per heavy atom. The fourth-order valence-corrected chi connectivity index (χ4v) is 3.87.